The van der Waals surface area contributed by atoms with Crippen LogP contribution in [-0.2, 0) is 13.0 Å². The van der Waals surface area contributed by atoms with Gasteiger partial charge in [-0.15, -0.1) is 0 Å². The van der Waals surface area contributed by atoms with Gasteiger partial charge in [0.15, 0.2) is 0 Å². The zero-order valence-electron chi connectivity index (χ0n) is 12.8. The highest BCUT2D eigenvalue weighted by Crippen LogP contribution is 2.25. The average molecular weight is 323 g/mol. The number of halogens is 2. The molecule has 23 heavy (non-hydrogen) atoms. The molecule has 6 nitrogen and oxygen atoms in total. The van der Waals surface area contributed by atoms with Crippen LogP contribution in [0.5, 0.6) is 0 Å². The highest BCUT2D eigenvalue weighted by molar-refractivity contribution is 5.74. The summed E-state index contributed by atoms with van der Waals surface area (Å²) in [5.74, 6) is 0.265. The molecule has 0 aromatic carbocycles. The lowest BCUT2D eigenvalue weighted by molar-refractivity contribution is 0.0670. The van der Waals surface area contributed by atoms with E-state index < -0.39 is 6.55 Å². The molecule has 0 unspecified atom stereocenters. The molecule has 2 amide bonds. The van der Waals surface area contributed by atoms with E-state index in [1.165, 1.54) is 12.4 Å². The number of fused-ring (bicyclic) bond motifs is 1. The number of nitrogens with one attached hydrogen (secondary N) is 1. The second kappa shape index (κ2) is 6.39. The van der Waals surface area contributed by atoms with Crippen LogP contribution < -0.4 is 5.32 Å². The summed E-state index contributed by atoms with van der Waals surface area (Å²) in [6.45, 7) is 1.02. The van der Waals surface area contributed by atoms with Gasteiger partial charge in [-0.1, -0.05) is 0 Å². The molecule has 1 aliphatic heterocycles. The first-order valence-corrected chi connectivity index (χ1v) is 7.57. The predicted octanol–water partition coefficient (Wildman–Crippen LogP) is 2.41. The number of hydrogen-bond acceptors (Lipinski definition) is 2. The van der Waals surface area contributed by atoms with Gasteiger partial charge in [-0.05, 0) is 19.1 Å². The fraction of sp³-hybridized carbons (Fsp3) is 0.467. The Morgan fingerprint density at radius 1 is 1.43 bits per heavy atom. The van der Waals surface area contributed by atoms with Crippen LogP contribution in [0.25, 0.3) is 0 Å². The maximum atomic E-state index is 12.7. The Morgan fingerprint density at radius 2 is 2.26 bits per heavy atom. The number of hydrogen-bond donors (Lipinski definition) is 1. The van der Waals surface area contributed by atoms with Crippen molar-refractivity contribution in [1.82, 2.24) is 24.3 Å². The first kappa shape index (κ1) is 15.5. The Morgan fingerprint density at radius 3 is 3.04 bits per heavy atom. The molecule has 3 rings (SSSR count). The van der Waals surface area contributed by atoms with E-state index in [-0.39, 0.29) is 30.9 Å². The molecule has 1 N–H and O–H groups in total. The monoisotopic (exact) mass is 323 g/mol. The number of aromatic nitrogens is 3. The summed E-state index contributed by atoms with van der Waals surface area (Å²) >= 11 is 0. The molecule has 0 radical (unpaired) electrons. The molecule has 3 heterocycles. The summed E-state index contributed by atoms with van der Waals surface area (Å²) in [4.78, 5) is 18.0. The van der Waals surface area contributed by atoms with Crippen LogP contribution in [0.3, 0.4) is 0 Å². The highest BCUT2D eigenvalue weighted by Gasteiger charge is 2.27. The van der Waals surface area contributed by atoms with E-state index in [1.54, 1.807) is 4.90 Å². The Labute approximate surface area is 132 Å². The second-order valence-electron chi connectivity index (χ2n) is 5.51. The van der Waals surface area contributed by atoms with Gasteiger partial charge < -0.3 is 14.8 Å². The summed E-state index contributed by atoms with van der Waals surface area (Å²) in [5.41, 5.74) is 1.10. The maximum absolute atomic E-state index is 12.7. The van der Waals surface area contributed by atoms with Gasteiger partial charge in [0.05, 0.1) is 6.04 Å². The minimum atomic E-state index is -2.61. The van der Waals surface area contributed by atoms with Crippen molar-refractivity contribution in [3.63, 3.8) is 0 Å². The highest BCUT2D eigenvalue weighted by atomic mass is 19.3. The largest absolute Gasteiger partial charge is 0.348 e. The van der Waals surface area contributed by atoms with E-state index in [1.807, 2.05) is 25.3 Å². The van der Waals surface area contributed by atoms with E-state index >= 15 is 0 Å². The Hall–Kier alpha value is -2.38. The van der Waals surface area contributed by atoms with Crippen LogP contribution in [0, 0.1) is 0 Å². The lowest BCUT2D eigenvalue weighted by Crippen LogP contribution is -2.46. The molecule has 124 valence electrons. The second-order valence-corrected chi connectivity index (χ2v) is 5.51. The van der Waals surface area contributed by atoms with Crippen LogP contribution >= 0.6 is 0 Å². The van der Waals surface area contributed by atoms with Crippen LogP contribution in [0.1, 0.15) is 31.0 Å². The smallest absolute Gasteiger partial charge is 0.319 e. The number of rotatable bonds is 4. The molecule has 1 atom stereocenters. The summed E-state index contributed by atoms with van der Waals surface area (Å²) < 4.78 is 28.4. The molecule has 1 aliphatic rings. The topological polar surface area (TPSA) is 55.1 Å². The third kappa shape index (κ3) is 3.06. The van der Waals surface area contributed by atoms with E-state index in [0.717, 1.165) is 16.8 Å². The van der Waals surface area contributed by atoms with Crippen LogP contribution in [-0.4, -0.2) is 38.1 Å². The number of imidazole rings is 1. The standard InChI is InChI=1S/C15H19F2N5O/c1-11-12-3-2-7-20(12)9-10-21(11)15(23)19-5-4-13-18-6-8-22(13)14(16)17/h2-3,6-8,11,14H,4-5,9-10H2,1H3,(H,19,23)/t11-/m1/s1. The lowest BCUT2D eigenvalue weighted by Gasteiger charge is -2.34. The molecule has 0 fully saturated rings. The van der Waals surface area contributed by atoms with Gasteiger partial charge >= 0.3 is 12.6 Å². The third-order valence-electron chi connectivity index (χ3n) is 4.19. The normalized spacial score (nSPS) is 17.4. The number of nitrogens with zero attached hydrogens (tertiary/aromatic N) is 4. The van der Waals surface area contributed by atoms with Crippen LogP contribution in [0.2, 0.25) is 0 Å². The minimum absolute atomic E-state index is 0.0122. The fourth-order valence-corrected chi connectivity index (χ4v) is 2.95. The van der Waals surface area contributed by atoms with Crippen molar-refractivity contribution < 1.29 is 13.6 Å². The van der Waals surface area contributed by atoms with Crippen molar-refractivity contribution in [2.45, 2.75) is 32.5 Å². The summed E-state index contributed by atoms with van der Waals surface area (Å²) in [5, 5.41) is 2.79. The first-order chi connectivity index (χ1) is 11.1. The van der Waals surface area contributed by atoms with Gasteiger partial charge in [-0.3, -0.25) is 4.57 Å². The van der Waals surface area contributed by atoms with Gasteiger partial charge in [0.1, 0.15) is 5.82 Å². The number of carbonyl (C=O) groups excluding carboxylic acids is 1. The molecule has 0 spiro atoms. The number of amides is 2. The van der Waals surface area contributed by atoms with Crippen molar-refractivity contribution in [3.05, 3.63) is 42.2 Å². The lowest BCUT2D eigenvalue weighted by atomic mass is 10.1. The zero-order valence-corrected chi connectivity index (χ0v) is 12.8. The molecule has 0 saturated heterocycles. The van der Waals surface area contributed by atoms with Gasteiger partial charge in [-0.25, -0.2) is 9.78 Å². The van der Waals surface area contributed by atoms with E-state index in [4.69, 9.17) is 0 Å². The average Bonchev–Trinajstić information content (AvgIpc) is 3.16. The van der Waals surface area contributed by atoms with Gasteiger partial charge in [0.25, 0.3) is 0 Å². The summed E-state index contributed by atoms with van der Waals surface area (Å²) in [6.07, 6.45) is 4.85. The van der Waals surface area contributed by atoms with Gasteiger partial charge in [-0.2, -0.15) is 8.78 Å². The summed E-state index contributed by atoms with van der Waals surface area (Å²) in [6, 6.07) is 3.78. The van der Waals surface area contributed by atoms with E-state index in [2.05, 4.69) is 14.9 Å². The Kier molecular flexibility index (Phi) is 4.31. The molecule has 2 aromatic rings. The molecular formula is C15H19F2N5O. The van der Waals surface area contributed by atoms with Crippen molar-refractivity contribution in [3.8, 4) is 0 Å². The Balaban J connectivity index is 1.55. The molecule has 8 heteroatoms. The van der Waals surface area contributed by atoms with Crippen molar-refractivity contribution in [1.29, 1.82) is 0 Å². The number of alkyl halides is 2. The zero-order chi connectivity index (χ0) is 16.4. The summed E-state index contributed by atoms with van der Waals surface area (Å²) in [7, 11) is 0. The SMILES string of the molecule is C[C@@H]1c2cccn2CCN1C(=O)NCCc1nccn1C(F)F. The van der Waals surface area contributed by atoms with E-state index in [0.29, 0.717) is 6.54 Å². The molecule has 2 aromatic heterocycles. The maximum Gasteiger partial charge on any atom is 0.319 e. The fourth-order valence-electron chi connectivity index (χ4n) is 2.95. The molecule has 0 aliphatic carbocycles. The molecule has 0 saturated carbocycles. The van der Waals surface area contributed by atoms with Gasteiger partial charge in [0, 0.05) is 50.3 Å². The number of urea groups is 1. The molecule has 0 bridgehead atoms. The minimum Gasteiger partial charge on any atom is -0.348 e. The third-order valence-corrected chi connectivity index (χ3v) is 4.19. The van der Waals surface area contributed by atoms with Crippen molar-refractivity contribution in [2.24, 2.45) is 0 Å². The molecular weight excluding hydrogens is 304 g/mol. The van der Waals surface area contributed by atoms with Crippen molar-refractivity contribution >= 4 is 6.03 Å². The Bertz CT molecular complexity index is 681. The van der Waals surface area contributed by atoms with E-state index in [9.17, 15) is 13.6 Å². The van der Waals surface area contributed by atoms with Crippen molar-refractivity contribution in [2.75, 3.05) is 13.1 Å². The van der Waals surface area contributed by atoms with Crippen LogP contribution in [0.4, 0.5) is 13.6 Å². The predicted molar refractivity (Wildman–Crippen MR) is 80.1 cm³/mol. The number of carbonyl (C=O) groups is 1. The first-order valence-electron chi connectivity index (χ1n) is 7.57. The quantitative estimate of drug-likeness (QED) is 0.939. The van der Waals surface area contributed by atoms with Gasteiger partial charge in [0.2, 0.25) is 0 Å². The van der Waals surface area contributed by atoms with Crippen LogP contribution in [0.15, 0.2) is 30.7 Å².